The first kappa shape index (κ1) is 26.0. The molecule has 2 unspecified atom stereocenters. The van der Waals surface area contributed by atoms with E-state index in [1.807, 2.05) is 0 Å². The van der Waals surface area contributed by atoms with Crippen LogP contribution in [0.2, 0.25) is 0 Å². The fourth-order valence-corrected chi connectivity index (χ4v) is 8.81. The van der Waals surface area contributed by atoms with Gasteiger partial charge in [-0.3, -0.25) is 0 Å². The van der Waals surface area contributed by atoms with E-state index in [2.05, 4.69) is 145 Å². The molecule has 1 spiro atoms. The highest BCUT2D eigenvalue weighted by molar-refractivity contribution is 6.00. The number of benzene rings is 5. The summed E-state index contributed by atoms with van der Waals surface area (Å²) in [6.07, 6.45) is 14.7. The Kier molecular flexibility index (Phi) is 5.93. The minimum atomic E-state index is -0.206. The van der Waals surface area contributed by atoms with Crippen molar-refractivity contribution >= 4 is 28.5 Å². The van der Waals surface area contributed by atoms with E-state index < -0.39 is 0 Å². The Balaban J connectivity index is 1.01. The molecule has 0 saturated heterocycles. The van der Waals surface area contributed by atoms with Gasteiger partial charge in [-0.05, 0) is 111 Å². The van der Waals surface area contributed by atoms with E-state index in [-0.39, 0.29) is 5.41 Å². The number of allylic oxidation sites excluding steroid dienone is 4. The Morgan fingerprint density at radius 3 is 2.05 bits per heavy atom. The molecule has 0 aliphatic heterocycles. The number of nitrogens with zero attached hydrogens (tertiary/aromatic N) is 1. The van der Waals surface area contributed by atoms with E-state index in [9.17, 15) is 0 Å². The van der Waals surface area contributed by atoms with Crippen LogP contribution in [0.15, 0.2) is 127 Å². The molecule has 2 atom stereocenters. The van der Waals surface area contributed by atoms with Gasteiger partial charge in [0, 0.05) is 6.04 Å². The minimum absolute atomic E-state index is 0.206. The van der Waals surface area contributed by atoms with Crippen molar-refractivity contribution in [2.45, 2.75) is 37.1 Å². The molecule has 44 heavy (non-hydrogen) atoms. The van der Waals surface area contributed by atoms with Crippen molar-refractivity contribution in [1.29, 1.82) is 0 Å². The average Bonchev–Trinajstić information content (AvgIpc) is 3.42. The normalized spacial score (nSPS) is 20.4. The van der Waals surface area contributed by atoms with Crippen LogP contribution in [0.4, 0.5) is 0 Å². The molecular formula is C43H37N. The summed E-state index contributed by atoms with van der Waals surface area (Å²) in [6, 6.07) is 41.3. The molecule has 4 aliphatic carbocycles. The molecule has 0 aromatic heterocycles. The Labute approximate surface area is 260 Å². The predicted molar refractivity (Wildman–Crippen MR) is 185 cm³/mol. The smallest absolute Gasteiger partial charge is 0.0722 e. The Hall–Kier alpha value is -4.46. The van der Waals surface area contributed by atoms with Gasteiger partial charge >= 0.3 is 0 Å². The predicted octanol–water partition coefficient (Wildman–Crippen LogP) is 8.24. The molecule has 0 bridgehead atoms. The first-order chi connectivity index (χ1) is 21.7. The van der Waals surface area contributed by atoms with Gasteiger partial charge in [0.15, 0.2) is 0 Å². The Bertz CT molecular complexity index is 2100. The molecule has 0 amide bonds. The van der Waals surface area contributed by atoms with Crippen LogP contribution in [0.25, 0.3) is 39.6 Å². The second-order valence-electron chi connectivity index (χ2n) is 13.2. The molecule has 214 valence electrons. The molecule has 1 nitrogen and oxygen atoms in total. The van der Waals surface area contributed by atoms with Crippen molar-refractivity contribution in [3.05, 3.63) is 160 Å². The summed E-state index contributed by atoms with van der Waals surface area (Å²) in [7, 11) is 2.34. The molecule has 0 fully saturated rings. The zero-order chi connectivity index (χ0) is 29.3. The second kappa shape index (κ2) is 10.0. The Morgan fingerprint density at radius 2 is 1.27 bits per heavy atom. The Morgan fingerprint density at radius 1 is 0.636 bits per heavy atom. The fraction of sp³-hybridized carbons (Fsp3) is 0.209. The molecule has 1 heteroatoms. The topological polar surface area (TPSA) is 3.24 Å². The fourth-order valence-electron chi connectivity index (χ4n) is 8.81. The van der Waals surface area contributed by atoms with Crippen LogP contribution in [0.3, 0.4) is 0 Å². The molecule has 0 radical (unpaired) electrons. The van der Waals surface area contributed by atoms with Gasteiger partial charge in [-0.15, -0.1) is 0 Å². The van der Waals surface area contributed by atoms with Crippen molar-refractivity contribution in [2.24, 2.45) is 5.92 Å². The third-order valence-electron chi connectivity index (χ3n) is 11.0. The number of hydrogen-bond acceptors (Lipinski definition) is 1. The van der Waals surface area contributed by atoms with Gasteiger partial charge < -0.3 is 4.90 Å². The highest BCUT2D eigenvalue weighted by Gasteiger charge is 2.53. The van der Waals surface area contributed by atoms with Gasteiger partial charge in [-0.2, -0.15) is 0 Å². The molecular weight excluding hydrogens is 530 g/mol. The van der Waals surface area contributed by atoms with E-state index in [0.29, 0.717) is 12.0 Å². The molecule has 0 N–H and O–H groups in total. The summed E-state index contributed by atoms with van der Waals surface area (Å²) in [5.74, 6) is 0.547. The first-order valence-electron chi connectivity index (χ1n) is 16.3. The van der Waals surface area contributed by atoms with Crippen molar-refractivity contribution in [1.82, 2.24) is 4.90 Å². The van der Waals surface area contributed by atoms with Gasteiger partial charge in [0.25, 0.3) is 0 Å². The molecule has 5 aromatic rings. The third-order valence-corrected chi connectivity index (χ3v) is 11.0. The maximum atomic E-state index is 2.63. The molecule has 0 heterocycles. The van der Waals surface area contributed by atoms with Crippen LogP contribution < -0.4 is 10.4 Å². The zero-order valence-electron chi connectivity index (χ0n) is 25.3. The average molecular weight is 568 g/mol. The number of fused-ring (bicyclic) bond motifs is 13. The lowest BCUT2D eigenvalue weighted by Crippen LogP contribution is -2.32. The molecule has 5 aromatic carbocycles. The maximum Gasteiger partial charge on any atom is 0.0722 e. The van der Waals surface area contributed by atoms with Crippen LogP contribution in [0.5, 0.6) is 0 Å². The van der Waals surface area contributed by atoms with Crippen molar-refractivity contribution in [2.75, 3.05) is 13.6 Å². The lowest BCUT2D eigenvalue weighted by Gasteiger charge is -2.33. The summed E-state index contributed by atoms with van der Waals surface area (Å²) < 4.78 is 0. The lowest BCUT2D eigenvalue weighted by molar-refractivity contribution is 0.238. The number of rotatable bonds is 4. The monoisotopic (exact) mass is 567 g/mol. The molecule has 0 saturated carbocycles. The van der Waals surface area contributed by atoms with Gasteiger partial charge in [-0.1, -0.05) is 133 Å². The summed E-state index contributed by atoms with van der Waals surface area (Å²) >= 11 is 0. The van der Waals surface area contributed by atoms with Crippen molar-refractivity contribution in [3.8, 4) is 11.1 Å². The standard InChI is InChI=1S/C43H37N/c1-44(32-22-21-31-20-19-30-10-2-3-11-33(30)34(31)24-23-32)27-26-29-18-25-42-38(28-29)37-14-6-9-17-41(37)43(42)39-15-7-4-12-35(39)36-13-5-8-16-40(36)43/h2-17,19-21,24-25,28-29,32H,18,22-23,26-27H2,1H3. The maximum absolute atomic E-state index is 2.63. The van der Waals surface area contributed by atoms with E-state index in [1.54, 1.807) is 0 Å². The van der Waals surface area contributed by atoms with Crippen molar-refractivity contribution < 1.29 is 0 Å². The minimum Gasteiger partial charge on any atom is -0.303 e. The van der Waals surface area contributed by atoms with E-state index in [0.717, 1.165) is 25.8 Å². The van der Waals surface area contributed by atoms with Crippen LogP contribution in [0.1, 0.15) is 47.9 Å². The molecule has 4 aliphatic rings. The largest absolute Gasteiger partial charge is 0.303 e. The molecule has 9 rings (SSSR count). The quantitative estimate of drug-likeness (QED) is 0.211. The summed E-state index contributed by atoms with van der Waals surface area (Å²) in [6.45, 7) is 1.11. The summed E-state index contributed by atoms with van der Waals surface area (Å²) in [5, 5.41) is 5.51. The van der Waals surface area contributed by atoms with Crippen LogP contribution in [-0.2, 0) is 5.41 Å². The second-order valence-corrected chi connectivity index (χ2v) is 13.2. The van der Waals surface area contributed by atoms with Crippen LogP contribution in [0, 0.1) is 5.92 Å². The zero-order valence-corrected chi connectivity index (χ0v) is 25.3. The first-order valence-corrected chi connectivity index (χ1v) is 16.3. The van der Waals surface area contributed by atoms with E-state index >= 15 is 0 Å². The third kappa shape index (κ3) is 3.69. The van der Waals surface area contributed by atoms with Gasteiger partial charge in [0.2, 0.25) is 0 Å². The summed E-state index contributed by atoms with van der Waals surface area (Å²) in [4.78, 5) is 2.62. The number of hydrogen-bond donors (Lipinski definition) is 0. The highest BCUT2D eigenvalue weighted by Crippen LogP contribution is 2.64. The summed E-state index contributed by atoms with van der Waals surface area (Å²) in [5.41, 5.74) is 11.3. The highest BCUT2D eigenvalue weighted by atomic mass is 15.1. The lowest BCUT2D eigenvalue weighted by atomic mass is 9.69. The van der Waals surface area contributed by atoms with Crippen LogP contribution >= 0.6 is 0 Å². The van der Waals surface area contributed by atoms with Crippen molar-refractivity contribution in [3.63, 3.8) is 0 Å². The van der Waals surface area contributed by atoms with Gasteiger partial charge in [0.1, 0.15) is 0 Å². The van der Waals surface area contributed by atoms with E-state index in [4.69, 9.17) is 0 Å². The van der Waals surface area contributed by atoms with Gasteiger partial charge in [-0.25, -0.2) is 0 Å². The SMILES string of the molecule is CN(CCC1C=C2C(=CC1)C1(c3ccccc32)c2ccccc2-c2ccccc21)C1CC=c2ccc3ccccc3c2=CC1. The van der Waals surface area contributed by atoms with E-state index in [1.165, 1.54) is 72.2 Å². The van der Waals surface area contributed by atoms with Gasteiger partial charge in [0.05, 0.1) is 5.41 Å². The van der Waals surface area contributed by atoms with Crippen LogP contribution in [-0.4, -0.2) is 24.5 Å².